The molecule has 0 spiro atoms. The van der Waals surface area contributed by atoms with E-state index in [0.717, 1.165) is 28.9 Å². The Bertz CT molecular complexity index is 809. The van der Waals surface area contributed by atoms with Gasteiger partial charge in [-0.15, -0.1) is 0 Å². The summed E-state index contributed by atoms with van der Waals surface area (Å²) in [5.41, 5.74) is 3.36. The Labute approximate surface area is 161 Å². The number of nitrogens with zero attached hydrogens (tertiary/aromatic N) is 2. The SMILES string of the molecule is CN(Cc1ccccc1)C(=O)c1ccnc(C23CC4CC(CC(C4)C2)C3)c1. The standard InChI is InChI=1S/C24H28N2O/c1-26(16-17-5-3-2-4-6-17)23(27)21-7-8-25-22(12-21)24-13-18-9-19(14-24)11-20(10-18)15-24/h2-8,12,18-20H,9-11,13-16H2,1H3. The molecule has 1 aromatic carbocycles. The summed E-state index contributed by atoms with van der Waals surface area (Å²) in [6.07, 6.45) is 9.99. The van der Waals surface area contributed by atoms with Crippen LogP contribution in [0, 0.1) is 17.8 Å². The van der Waals surface area contributed by atoms with Crippen molar-refractivity contribution in [1.29, 1.82) is 0 Å². The number of aromatic nitrogens is 1. The molecule has 0 atom stereocenters. The van der Waals surface area contributed by atoms with E-state index < -0.39 is 0 Å². The highest BCUT2D eigenvalue weighted by molar-refractivity contribution is 5.94. The molecule has 0 radical (unpaired) electrons. The maximum atomic E-state index is 13.0. The van der Waals surface area contributed by atoms with Gasteiger partial charge in [0.2, 0.25) is 0 Å². The van der Waals surface area contributed by atoms with Crippen molar-refractivity contribution in [1.82, 2.24) is 9.88 Å². The predicted molar refractivity (Wildman–Crippen MR) is 106 cm³/mol. The van der Waals surface area contributed by atoms with E-state index in [-0.39, 0.29) is 11.3 Å². The first kappa shape index (κ1) is 17.0. The summed E-state index contributed by atoms with van der Waals surface area (Å²) >= 11 is 0. The van der Waals surface area contributed by atoms with Crippen molar-refractivity contribution in [3.8, 4) is 0 Å². The lowest BCUT2D eigenvalue weighted by Crippen LogP contribution is -2.49. The summed E-state index contributed by atoms with van der Waals surface area (Å²) in [7, 11) is 1.89. The molecule has 0 unspecified atom stereocenters. The van der Waals surface area contributed by atoms with E-state index in [4.69, 9.17) is 4.98 Å². The zero-order valence-electron chi connectivity index (χ0n) is 16.1. The fourth-order valence-corrected chi connectivity index (χ4v) is 6.43. The van der Waals surface area contributed by atoms with Gasteiger partial charge in [0.25, 0.3) is 5.91 Å². The molecule has 6 rings (SSSR count). The number of benzene rings is 1. The van der Waals surface area contributed by atoms with Gasteiger partial charge >= 0.3 is 0 Å². The second-order valence-corrected chi connectivity index (χ2v) is 9.27. The number of carbonyl (C=O) groups is 1. The van der Waals surface area contributed by atoms with Crippen LogP contribution in [0.2, 0.25) is 0 Å². The summed E-state index contributed by atoms with van der Waals surface area (Å²) in [6, 6.07) is 14.2. The molecular formula is C24H28N2O. The molecule has 140 valence electrons. The van der Waals surface area contributed by atoms with Gasteiger partial charge in [-0.05, 0) is 74.0 Å². The van der Waals surface area contributed by atoms with Crippen LogP contribution in [-0.2, 0) is 12.0 Å². The highest BCUT2D eigenvalue weighted by Crippen LogP contribution is 2.60. The molecule has 0 saturated heterocycles. The molecule has 3 heteroatoms. The van der Waals surface area contributed by atoms with E-state index >= 15 is 0 Å². The van der Waals surface area contributed by atoms with Crippen molar-refractivity contribution in [2.24, 2.45) is 17.8 Å². The molecule has 0 N–H and O–H groups in total. The van der Waals surface area contributed by atoms with Crippen molar-refractivity contribution in [2.75, 3.05) is 7.05 Å². The van der Waals surface area contributed by atoms with Crippen molar-refractivity contribution < 1.29 is 4.79 Å². The first-order valence-electron chi connectivity index (χ1n) is 10.4. The number of hydrogen-bond acceptors (Lipinski definition) is 2. The van der Waals surface area contributed by atoms with Gasteiger partial charge in [0.05, 0.1) is 0 Å². The molecule has 4 aliphatic rings. The third-order valence-electron chi connectivity index (χ3n) is 7.20. The summed E-state index contributed by atoms with van der Waals surface area (Å²) in [5, 5.41) is 0. The second kappa shape index (κ2) is 6.47. The number of rotatable bonds is 4. The van der Waals surface area contributed by atoms with Crippen LogP contribution in [0.15, 0.2) is 48.7 Å². The van der Waals surface area contributed by atoms with Crippen molar-refractivity contribution in [3.63, 3.8) is 0 Å². The Morgan fingerprint density at radius 3 is 2.30 bits per heavy atom. The normalized spacial score (nSPS) is 31.1. The lowest BCUT2D eigenvalue weighted by atomic mass is 9.48. The third-order valence-corrected chi connectivity index (χ3v) is 7.20. The van der Waals surface area contributed by atoms with Crippen LogP contribution in [0.3, 0.4) is 0 Å². The molecule has 0 aliphatic heterocycles. The smallest absolute Gasteiger partial charge is 0.254 e. The summed E-state index contributed by atoms with van der Waals surface area (Å²) in [4.78, 5) is 19.6. The average molecular weight is 361 g/mol. The van der Waals surface area contributed by atoms with E-state index in [2.05, 4.69) is 18.2 Å². The number of amides is 1. The topological polar surface area (TPSA) is 33.2 Å². The van der Waals surface area contributed by atoms with E-state index in [1.54, 1.807) is 0 Å². The Hall–Kier alpha value is -2.16. The molecular weight excluding hydrogens is 332 g/mol. The Morgan fingerprint density at radius 2 is 1.67 bits per heavy atom. The number of carbonyl (C=O) groups excluding carboxylic acids is 1. The van der Waals surface area contributed by atoms with Crippen LogP contribution < -0.4 is 0 Å². The molecule has 1 amide bonds. The summed E-state index contributed by atoms with van der Waals surface area (Å²) < 4.78 is 0. The van der Waals surface area contributed by atoms with Gasteiger partial charge in [-0.3, -0.25) is 9.78 Å². The van der Waals surface area contributed by atoms with Crippen molar-refractivity contribution in [3.05, 3.63) is 65.5 Å². The molecule has 3 nitrogen and oxygen atoms in total. The third kappa shape index (κ3) is 3.07. The van der Waals surface area contributed by atoms with Gasteiger partial charge < -0.3 is 4.90 Å². The minimum atomic E-state index is 0.0900. The zero-order chi connectivity index (χ0) is 18.4. The number of pyridine rings is 1. The lowest BCUT2D eigenvalue weighted by Gasteiger charge is -2.56. The predicted octanol–water partition coefficient (Wildman–Crippen LogP) is 4.82. The highest BCUT2D eigenvalue weighted by Gasteiger charge is 2.52. The molecule has 1 aromatic heterocycles. The minimum Gasteiger partial charge on any atom is -0.337 e. The average Bonchev–Trinajstić information content (AvgIpc) is 2.67. The summed E-state index contributed by atoms with van der Waals surface area (Å²) in [6.45, 7) is 0.634. The first-order chi connectivity index (χ1) is 13.1. The Balaban J connectivity index is 1.38. The van der Waals surface area contributed by atoms with Crippen molar-refractivity contribution in [2.45, 2.75) is 50.5 Å². The quantitative estimate of drug-likeness (QED) is 0.783. The molecule has 2 aromatic rings. The van der Waals surface area contributed by atoms with Gasteiger partial charge in [-0.1, -0.05) is 30.3 Å². The maximum absolute atomic E-state index is 13.0. The molecule has 4 aliphatic carbocycles. The van der Waals surface area contributed by atoms with Crippen LogP contribution >= 0.6 is 0 Å². The van der Waals surface area contributed by atoms with Gasteiger partial charge in [-0.25, -0.2) is 0 Å². The summed E-state index contributed by atoms with van der Waals surface area (Å²) in [5.74, 6) is 2.75. The largest absolute Gasteiger partial charge is 0.337 e. The van der Waals surface area contributed by atoms with Gasteiger partial charge in [-0.2, -0.15) is 0 Å². The zero-order valence-corrected chi connectivity index (χ0v) is 16.1. The van der Waals surface area contributed by atoms with E-state index in [1.807, 2.05) is 42.4 Å². The lowest BCUT2D eigenvalue weighted by molar-refractivity contribution is -0.00723. The second-order valence-electron chi connectivity index (χ2n) is 9.27. The monoisotopic (exact) mass is 360 g/mol. The van der Waals surface area contributed by atoms with Crippen LogP contribution in [0.4, 0.5) is 0 Å². The van der Waals surface area contributed by atoms with Crippen LogP contribution in [0.25, 0.3) is 0 Å². The van der Waals surface area contributed by atoms with Crippen LogP contribution in [-0.4, -0.2) is 22.8 Å². The minimum absolute atomic E-state index is 0.0900. The van der Waals surface area contributed by atoms with Gasteiger partial charge in [0.1, 0.15) is 0 Å². The van der Waals surface area contributed by atoms with Gasteiger partial charge in [0.15, 0.2) is 0 Å². The Morgan fingerprint density at radius 1 is 1.04 bits per heavy atom. The number of hydrogen-bond donors (Lipinski definition) is 0. The molecule has 1 heterocycles. The maximum Gasteiger partial charge on any atom is 0.254 e. The fourth-order valence-electron chi connectivity index (χ4n) is 6.43. The fraction of sp³-hybridized carbons (Fsp3) is 0.500. The van der Waals surface area contributed by atoms with Crippen LogP contribution in [0.5, 0.6) is 0 Å². The highest BCUT2D eigenvalue weighted by atomic mass is 16.2. The van der Waals surface area contributed by atoms with Gasteiger partial charge in [0, 0.05) is 36.5 Å². The molecule has 4 bridgehead atoms. The van der Waals surface area contributed by atoms with Crippen LogP contribution in [0.1, 0.15) is 60.1 Å². The molecule has 27 heavy (non-hydrogen) atoms. The Kier molecular flexibility index (Phi) is 4.07. The van der Waals surface area contributed by atoms with Crippen molar-refractivity contribution >= 4 is 5.91 Å². The first-order valence-corrected chi connectivity index (χ1v) is 10.4. The van der Waals surface area contributed by atoms with E-state index in [1.165, 1.54) is 44.2 Å². The van der Waals surface area contributed by atoms with E-state index in [0.29, 0.717) is 6.54 Å². The molecule has 4 fully saturated rings. The molecule has 4 saturated carbocycles. The van der Waals surface area contributed by atoms with E-state index in [9.17, 15) is 4.79 Å².